The van der Waals surface area contributed by atoms with Gasteiger partial charge in [-0.15, -0.1) is 0 Å². The highest BCUT2D eigenvalue weighted by atomic mass is 16.5. The van der Waals surface area contributed by atoms with Crippen LogP contribution in [-0.2, 0) is 20.9 Å². The predicted octanol–water partition coefficient (Wildman–Crippen LogP) is 1.17. The third kappa shape index (κ3) is 4.28. The van der Waals surface area contributed by atoms with Gasteiger partial charge in [0.15, 0.2) is 0 Å². The van der Waals surface area contributed by atoms with Gasteiger partial charge in [0.1, 0.15) is 12.3 Å². The van der Waals surface area contributed by atoms with Crippen LogP contribution >= 0.6 is 0 Å². The number of hydrogen-bond donors (Lipinski definition) is 1. The lowest BCUT2D eigenvalue weighted by molar-refractivity contribution is -0.169. The molecule has 2 aromatic heterocycles. The first-order valence-electron chi connectivity index (χ1n) is 9.08. The molecule has 1 N–H and O–H groups in total. The summed E-state index contributed by atoms with van der Waals surface area (Å²) in [7, 11) is 1.87. The zero-order chi connectivity index (χ0) is 19.4. The minimum atomic E-state index is -0.250. The number of carboxylic acid groups (broad SMARTS) is 1. The second-order valence-electron chi connectivity index (χ2n) is 7.26. The Kier molecular flexibility index (Phi) is 5.76. The molecule has 8 nitrogen and oxygen atoms in total. The first-order chi connectivity index (χ1) is 13.0. The van der Waals surface area contributed by atoms with Gasteiger partial charge < -0.3 is 19.1 Å². The molecular weight excluding hydrogens is 348 g/mol. The van der Waals surface area contributed by atoms with E-state index in [1.165, 1.54) is 5.56 Å². The van der Waals surface area contributed by atoms with E-state index in [1.54, 1.807) is 0 Å². The second kappa shape index (κ2) is 8.06. The van der Waals surface area contributed by atoms with Crippen LogP contribution in [-0.4, -0.2) is 75.6 Å². The fourth-order valence-corrected chi connectivity index (χ4v) is 3.82. The fraction of sp³-hybridized carbons (Fsp3) is 0.526. The standard InChI is InChI=1S/C18H24N4O2.CH2O2/c1-14-4-3-7-22-11-15(19-17(14)22)10-21-8-5-18(6-9-21)13-20(2)16(23)12-24-18;2-1-3/h3-4,7,11H,5-6,8-10,12-13H2,1-2H3;1H,(H,2,3). The number of likely N-dealkylation sites (N-methyl/N-ethyl adjacent to an activating group) is 1. The topological polar surface area (TPSA) is 87.4 Å². The zero-order valence-electron chi connectivity index (χ0n) is 15.8. The number of amides is 1. The van der Waals surface area contributed by atoms with Crippen molar-refractivity contribution < 1.29 is 19.4 Å². The maximum absolute atomic E-state index is 11.6. The highest BCUT2D eigenvalue weighted by Gasteiger charge is 2.41. The monoisotopic (exact) mass is 374 g/mol. The van der Waals surface area contributed by atoms with Gasteiger partial charge in [0, 0.05) is 45.6 Å². The van der Waals surface area contributed by atoms with Gasteiger partial charge in [-0.2, -0.15) is 0 Å². The Hall–Kier alpha value is -2.45. The van der Waals surface area contributed by atoms with Crippen molar-refractivity contribution in [3.05, 3.63) is 35.8 Å². The molecule has 2 aromatic rings. The molecule has 0 unspecified atom stereocenters. The lowest BCUT2D eigenvalue weighted by Crippen LogP contribution is -2.57. The number of rotatable bonds is 2. The van der Waals surface area contributed by atoms with Crippen LogP contribution in [0.4, 0.5) is 0 Å². The van der Waals surface area contributed by atoms with E-state index in [9.17, 15) is 4.79 Å². The van der Waals surface area contributed by atoms with Crippen molar-refractivity contribution in [2.24, 2.45) is 0 Å². The van der Waals surface area contributed by atoms with Crippen molar-refractivity contribution in [3.63, 3.8) is 0 Å². The molecule has 27 heavy (non-hydrogen) atoms. The van der Waals surface area contributed by atoms with Gasteiger partial charge in [-0.25, -0.2) is 4.98 Å². The summed E-state index contributed by atoms with van der Waals surface area (Å²) in [4.78, 5) is 29.0. The Balaban J connectivity index is 0.000000659. The summed E-state index contributed by atoms with van der Waals surface area (Å²) in [6.07, 6.45) is 6.11. The van der Waals surface area contributed by atoms with Crippen molar-refractivity contribution >= 4 is 18.0 Å². The Labute approximate surface area is 158 Å². The van der Waals surface area contributed by atoms with Gasteiger partial charge in [-0.05, 0) is 31.4 Å². The molecule has 0 saturated carbocycles. The number of aromatic nitrogens is 2. The van der Waals surface area contributed by atoms with Gasteiger partial charge in [0.05, 0.1) is 11.3 Å². The number of carbonyl (C=O) groups is 2. The molecule has 0 bridgehead atoms. The molecule has 2 fully saturated rings. The number of fused-ring (bicyclic) bond motifs is 1. The molecule has 1 spiro atoms. The third-order valence-corrected chi connectivity index (χ3v) is 5.33. The molecule has 2 aliphatic heterocycles. The minimum absolute atomic E-state index is 0.0862. The molecule has 0 aromatic carbocycles. The summed E-state index contributed by atoms with van der Waals surface area (Å²) >= 11 is 0. The molecule has 0 aliphatic carbocycles. The summed E-state index contributed by atoms with van der Waals surface area (Å²) in [5.74, 6) is 0.0862. The molecule has 0 radical (unpaired) electrons. The van der Waals surface area contributed by atoms with Crippen LogP contribution in [0.5, 0.6) is 0 Å². The van der Waals surface area contributed by atoms with Crippen LogP contribution in [0.25, 0.3) is 5.65 Å². The van der Waals surface area contributed by atoms with Crippen molar-refractivity contribution in [2.45, 2.75) is 31.9 Å². The smallest absolute Gasteiger partial charge is 0.290 e. The Bertz CT molecular complexity index is 811. The van der Waals surface area contributed by atoms with E-state index in [0.717, 1.165) is 43.8 Å². The molecule has 0 atom stereocenters. The maximum Gasteiger partial charge on any atom is 0.290 e. The van der Waals surface area contributed by atoms with Gasteiger partial charge >= 0.3 is 0 Å². The number of hydrogen-bond acceptors (Lipinski definition) is 5. The van der Waals surface area contributed by atoms with E-state index in [4.69, 9.17) is 19.6 Å². The van der Waals surface area contributed by atoms with Gasteiger partial charge in [0.2, 0.25) is 5.91 Å². The first-order valence-corrected chi connectivity index (χ1v) is 9.08. The van der Waals surface area contributed by atoms with Gasteiger partial charge in [-0.3, -0.25) is 14.5 Å². The van der Waals surface area contributed by atoms with E-state index in [0.29, 0.717) is 6.54 Å². The molecule has 8 heteroatoms. The lowest BCUT2D eigenvalue weighted by Gasteiger charge is -2.46. The fourth-order valence-electron chi connectivity index (χ4n) is 3.82. The van der Waals surface area contributed by atoms with Crippen LogP contribution in [0.1, 0.15) is 24.1 Å². The Morgan fingerprint density at radius 3 is 2.70 bits per heavy atom. The normalized spacial score (nSPS) is 19.8. The van der Waals surface area contributed by atoms with Gasteiger partial charge in [-0.1, -0.05) is 6.07 Å². The SMILES string of the molecule is Cc1cccn2cc(CN3CCC4(CC3)CN(C)C(=O)CO4)nc12.O=CO. The average Bonchev–Trinajstić information content (AvgIpc) is 3.06. The highest BCUT2D eigenvalue weighted by Crippen LogP contribution is 2.30. The number of nitrogens with zero attached hydrogens (tertiary/aromatic N) is 4. The number of piperidine rings is 1. The van der Waals surface area contributed by atoms with Crippen LogP contribution in [0.2, 0.25) is 0 Å². The molecule has 2 aliphatic rings. The van der Waals surface area contributed by atoms with Crippen LogP contribution < -0.4 is 0 Å². The van der Waals surface area contributed by atoms with Crippen LogP contribution in [0, 0.1) is 6.92 Å². The number of pyridine rings is 1. The van der Waals surface area contributed by atoms with Crippen LogP contribution in [0.15, 0.2) is 24.5 Å². The number of likely N-dealkylation sites (tertiary alicyclic amines) is 1. The maximum atomic E-state index is 11.6. The highest BCUT2D eigenvalue weighted by molar-refractivity contribution is 5.78. The number of imidazole rings is 1. The number of aryl methyl sites for hydroxylation is 1. The molecular formula is C19H26N4O4. The largest absolute Gasteiger partial charge is 0.483 e. The quantitative estimate of drug-likeness (QED) is 0.794. The second-order valence-corrected chi connectivity index (χ2v) is 7.26. The number of carbonyl (C=O) groups excluding carboxylic acids is 1. The predicted molar refractivity (Wildman–Crippen MR) is 99.5 cm³/mol. The molecule has 4 heterocycles. The summed E-state index contributed by atoms with van der Waals surface area (Å²) in [5.41, 5.74) is 3.20. The van der Waals surface area contributed by atoms with E-state index in [2.05, 4.69) is 34.6 Å². The average molecular weight is 374 g/mol. The minimum Gasteiger partial charge on any atom is -0.483 e. The molecule has 4 rings (SSSR count). The van der Waals surface area contributed by atoms with E-state index >= 15 is 0 Å². The van der Waals surface area contributed by atoms with Crippen molar-refractivity contribution in [1.29, 1.82) is 0 Å². The number of ether oxygens (including phenoxy) is 1. The van der Waals surface area contributed by atoms with Gasteiger partial charge in [0.25, 0.3) is 6.47 Å². The van der Waals surface area contributed by atoms with E-state index < -0.39 is 0 Å². The molecule has 146 valence electrons. The van der Waals surface area contributed by atoms with Crippen LogP contribution in [0.3, 0.4) is 0 Å². The van der Waals surface area contributed by atoms with Crippen molar-refractivity contribution in [1.82, 2.24) is 19.2 Å². The summed E-state index contributed by atoms with van der Waals surface area (Å²) in [5, 5.41) is 6.89. The van der Waals surface area contributed by atoms with Crippen molar-refractivity contribution in [3.8, 4) is 0 Å². The lowest BCUT2D eigenvalue weighted by atomic mass is 9.89. The summed E-state index contributed by atoms with van der Waals surface area (Å²) in [6, 6.07) is 4.14. The summed E-state index contributed by atoms with van der Waals surface area (Å²) in [6.45, 7) is 5.61. The Morgan fingerprint density at radius 2 is 2.07 bits per heavy atom. The first kappa shape index (κ1) is 19.3. The Morgan fingerprint density at radius 1 is 1.37 bits per heavy atom. The zero-order valence-corrected chi connectivity index (χ0v) is 15.8. The van der Waals surface area contributed by atoms with E-state index in [1.807, 2.05) is 18.1 Å². The van der Waals surface area contributed by atoms with Crippen molar-refractivity contribution in [2.75, 3.05) is 33.3 Å². The van der Waals surface area contributed by atoms with E-state index in [-0.39, 0.29) is 24.6 Å². The number of morpholine rings is 1. The molecule has 1 amide bonds. The molecule has 2 saturated heterocycles. The third-order valence-electron chi connectivity index (χ3n) is 5.33. The summed E-state index contributed by atoms with van der Waals surface area (Å²) < 4.78 is 8.01.